The van der Waals surface area contributed by atoms with Crippen LogP contribution >= 0.6 is 0 Å². The molecule has 1 aromatic heterocycles. The zero-order valence-corrected chi connectivity index (χ0v) is 15.8. The van der Waals surface area contributed by atoms with Crippen molar-refractivity contribution >= 4 is 11.7 Å². The molecule has 3 aromatic rings. The second kappa shape index (κ2) is 8.19. The number of Topliss-reactive ketones (excluding diaryl/α,β-unsaturated/α-hetero) is 1. The Morgan fingerprint density at radius 1 is 0.966 bits per heavy atom. The van der Waals surface area contributed by atoms with Crippen LogP contribution < -0.4 is 0 Å². The Morgan fingerprint density at radius 2 is 1.66 bits per heavy atom. The molecule has 5 heteroatoms. The second-order valence-electron chi connectivity index (χ2n) is 7.00. The summed E-state index contributed by atoms with van der Waals surface area (Å²) in [4.78, 5) is 27.4. The van der Waals surface area contributed by atoms with Crippen LogP contribution in [0.5, 0.6) is 0 Å². The van der Waals surface area contributed by atoms with Crippen molar-refractivity contribution < 1.29 is 19.1 Å². The Morgan fingerprint density at radius 3 is 2.31 bits per heavy atom. The van der Waals surface area contributed by atoms with E-state index in [9.17, 15) is 14.7 Å². The lowest BCUT2D eigenvalue weighted by Gasteiger charge is -2.26. The number of aryl methyl sites for hydroxylation is 1. The van der Waals surface area contributed by atoms with Gasteiger partial charge in [0.25, 0.3) is 5.91 Å². The van der Waals surface area contributed by atoms with E-state index in [2.05, 4.69) is 0 Å². The summed E-state index contributed by atoms with van der Waals surface area (Å²) < 4.78 is 5.39. The largest absolute Gasteiger partial charge is 0.503 e. The van der Waals surface area contributed by atoms with E-state index >= 15 is 0 Å². The van der Waals surface area contributed by atoms with Gasteiger partial charge in [-0.2, -0.15) is 0 Å². The average Bonchev–Trinajstić information content (AvgIpc) is 3.36. The maximum atomic E-state index is 13.1. The lowest BCUT2D eigenvalue weighted by Crippen LogP contribution is -2.30. The minimum Gasteiger partial charge on any atom is -0.503 e. The molecule has 4 rings (SSSR count). The highest BCUT2D eigenvalue weighted by Crippen LogP contribution is 2.39. The monoisotopic (exact) mass is 387 g/mol. The van der Waals surface area contributed by atoms with Crippen molar-refractivity contribution in [3.63, 3.8) is 0 Å². The quantitative estimate of drug-likeness (QED) is 0.653. The minimum atomic E-state index is -0.642. The Hall–Kier alpha value is -3.60. The van der Waals surface area contributed by atoms with E-state index in [-0.39, 0.29) is 24.3 Å². The van der Waals surface area contributed by atoms with Crippen LogP contribution in [0.4, 0.5) is 0 Å². The van der Waals surface area contributed by atoms with Gasteiger partial charge in [-0.1, -0.05) is 60.7 Å². The molecule has 2 aromatic carbocycles. The molecule has 0 spiro atoms. The number of furan rings is 1. The molecule has 1 aliphatic heterocycles. The molecule has 1 amide bonds. The molecule has 146 valence electrons. The van der Waals surface area contributed by atoms with Crippen LogP contribution in [0.2, 0.25) is 0 Å². The summed E-state index contributed by atoms with van der Waals surface area (Å²) in [6, 6.07) is 21.8. The van der Waals surface area contributed by atoms with E-state index < -0.39 is 17.7 Å². The molecule has 0 saturated carbocycles. The predicted octanol–water partition coefficient (Wildman–Crippen LogP) is 4.38. The maximum Gasteiger partial charge on any atom is 0.290 e. The number of carbonyl (C=O) groups is 2. The van der Waals surface area contributed by atoms with E-state index in [1.165, 1.54) is 11.2 Å². The first-order chi connectivity index (χ1) is 14.1. The molecular weight excluding hydrogens is 366 g/mol. The second-order valence-corrected chi connectivity index (χ2v) is 7.00. The smallest absolute Gasteiger partial charge is 0.290 e. The van der Waals surface area contributed by atoms with Gasteiger partial charge < -0.3 is 14.4 Å². The number of aliphatic hydroxyl groups excluding tert-OH is 1. The fourth-order valence-corrected chi connectivity index (χ4v) is 3.69. The number of aliphatic hydroxyl groups is 1. The lowest BCUT2D eigenvalue weighted by molar-refractivity contribution is -0.130. The molecule has 2 heterocycles. The number of ketones is 1. The summed E-state index contributed by atoms with van der Waals surface area (Å²) in [5, 5.41) is 10.6. The fraction of sp³-hybridized carbons (Fsp3) is 0.167. The number of hydrogen-bond donors (Lipinski definition) is 1. The van der Waals surface area contributed by atoms with Gasteiger partial charge >= 0.3 is 0 Å². The van der Waals surface area contributed by atoms with E-state index in [4.69, 9.17) is 4.42 Å². The fourth-order valence-electron chi connectivity index (χ4n) is 3.69. The Balaban J connectivity index is 1.64. The highest BCUT2D eigenvalue weighted by molar-refractivity contribution is 6.08. The normalized spacial score (nSPS) is 16.5. The molecule has 0 bridgehead atoms. The van der Waals surface area contributed by atoms with Crippen LogP contribution in [0, 0.1) is 0 Å². The Labute approximate surface area is 168 Å². The molecule has 1 atom stereocenters. The van der Waals surface area contributed by atoms with Gasteiger partial charge in [-0.3, -0.25) is 9.59 Å². The SMILES string of the molecule is O=C(CCc1ccccc1)C1=C(O)C(=O)N(Cc2ccco2)C1c1ccccc1. The van der Waals surface area contributed by atoms with Gasteiger partial charge in [0, 0.05) is 6.42 Å². The van der Waals surface area contributed by atoms with Crippen LogP contribution in [0.3, 0.4) is 0 Å². The predicted molar refractivity (Wildman–Crippen MR) is 108 cm³/mol. The summed E-state index contributed by atoms with van der Waals surface area (Å²) >= 11 is 0. The number of rotatable bonds is 7. The molecule has 29 heavy (non-hydrogen) atoms. The van der Waals surface area contributed by atoms with Gasteiger partial charge in [-0.05, 0) is 29.7 Å². The summed E-state index contributed by atoms with van der Waals surface area (Å²) in [6.07, 6.45) is 2.30. The third-order valence-electron chi connectivity index (χ3n) is 5.11. The Kier molecular flexibility index (Phi) is 5.29. The molecule has 0 fully saturated rings. The summed E-state index contributed by atoms with van der Waals surface area (Å²) in [7, 11) is 0. The number of carbonyl (C=O) groups excluding carboxylic acids is 2. The standard InChI is InChI=1S/C24H21NO4/c26-20(14-13-17-8-3-1-4-9-17)21-22(18-10-5-2-6-11-18)25(24(28)23(21)27)16-19-12-7-15-29-19/h1-12,15,22,27H,13-14,16H2. The summed E-state index contributed by atoms with van der Waals surface area (Å²) in [6.45, 7) is 0.172. The molecule has 1 aliphatic rings. The first-order valence-corrected chi connectivity index (χ1v) is 9.53. The Bertz CT molecular complexity index is 1020. The van der Waals surface area contributed by atoms with E-state index in [1.54, 1.807) is 12.1 Å². The zero-order chi connectivity index (χ0) is 20.2. The number of nitrogens with zero attached hydrogens (tertiary/aromatic N) is 1. The van der Waals surface area contributed by atoms with Crippen molar-refractivity contribution in [2.24, 2.45) is 0 Å². The van der Waals surface area contributed by atoms with Crippen LogP contribution in [0.15, 0.2) is 94.8 Å². The van der Waals surface area contributed by atoms with Crippen LogP contribution in [0.25, 0.3) is 0 Å². The first-order valence-electron chi connectivity index (χ1n) is 9.53. The highest BCUT2D eigenvalue weighted by Gasteiger charge is 2.43. The number of amides is 1. The molecule has 1 N–H and O–H groups in total. The van der Waals surface area contributed by atoms with Crippen LogP contribution in [-0.4, -0.2) is 21.7 Å². The highest BCUT2D eigenvalue weighted by atomic mass is 16.3. The van der Waals surface area contributed by atoms with E-state index in [1.807, 2.05) is 60.7 Å². The topological polar surface area (TPSA) is 70.8 Å². The maximum absolute atomic E-state index is 13.1. The first kappa shape index (κ1) is 18.7. The van der Waals surface area contributed by atoms with Gasteiger partial charge in [-0.15, -0.1) is 0 Å². The minimum absolute atomic E-state index is 0.156. The molecule has 1 unspecified atom stereocenters. The number of benzene rings is 2. The van der Waals surface area contributed by atoms with Gasteiger partial charge in [0.05, 0.1) is 24.4 Å². The molecule has 5 nitrogen and oxygen atoms in total. The lowest BCUT2D eigenvalue weighted by atomic mass is 9.93. The van der Waals surface area contributed by atoms with Crippen molar-refractivity contribution in [2.75, 3.05) is 0 Å². The number of hydrogen-bond acceptors (Lipinski definition) is 4. The van der Waals surface area contributed by atoms with Gasteiger partial charge in [0.15, 0.2) is 11.5 Å². The van der Waals surface area contributed by atoms with Crippen molar-refractivity contribution in [1.29, 1.82) is 0 Å². The molecule has 0 saturated heterocycles. The van der Waals surface area contributed by atoms with E-state index in [0.717, 1.165) is 11.1 Å². The van der Waals surface area contributed by atoms with Crippen molar-refractivity contribution in [1.82, 2.24) is 4.90 Å². The van der Waals surface area contributed by atoms with E-state index in [0.29, 0.717) is 12.2 Å². The summed E-state index contributed by atoms with van der Waals surface area (Å²) in [5.74, 6) is -0.664. The average molecular weight is 387 g/mol. The van der Waals surface area contributed by atoms with Gasteiger partial charge in [0.1, 0.15) is 5.76 Å². The third kappa shape index (κ3) is 3.85. The zero-order valence-electron chi connectivity index (χ0n) is 15.8. The molecule has 0 radical (unpaired) electrons. The molecular formula is C24H21NO4. The third-order valence-corrected chi connectivity index (χ3v) is 5.11. The summed E-state index contributed by atoms with van der Waals surface area (Å²) in [5.41, 5.74) is 1.97. The van der Waals surface area contributed by atoms with Crippen LogP contribution in [0.1, 0.15) is 29.3 Å². The van der Waals surface area contributed by atoms with Crippen molar-refractivity contribution in [3.8, 4) is 0 Å². The van der Waals surface area contributed by atoms with Crippen molar-refractivity contribution in [3.05, 3.63) is 107 Å². The molecule has 0 aliphatic carbocycles. The van der Waals surface area contributed by atoms with Gasteiger partial charge in [-0.25, -0.2) is 0 Å². The van der Waals surface area contributed by atoms with Gasteiger partial charge in [0.2, 0.25) is 0 Å². The van der Waals surface area contributed by atoms with Crippen molar-refractivity contribution in [2.45, 2.75) is 25.4 Å². The van der Waals surface area contributed by atoms with Crippen LogP contribution in [-0.2, 0) is 22.6 Å².